The first kappa shape index (κ1) is 25.3. The highest BCUT2D eigenvalue weighted by atomic mass is 32.1. The van der Waals surface area contributed by atoms with Crippen molar-refractivity contribution in [2.24, 2.45) is 0 Å². The lowest BCUT2D eigenvalue weighted by atomic mass is 9.89. The maximum absolute atomic E-state index is 2.43. The van der Waals surface area contributed by atoms with Gasteiger partial charge in [-0.05, 0) is 110 Å². The summed E-state index contributed by atoms with van der Waals surface area (Å²) in [5, 5.41) is 2.69. The van der Waals surface area contributed by atoms with Crippen molar-refractivity contribution >= 4 is 31.5 Å². The molecule has 8 aromatic rings. The van der Waals surface area contributed by atoms with E-state index in [1.165, 1.54) is 86.9 Å². The number of thiophene rings is 1. The average Bonchev–Trinajstić information content (AvgIpc) is 3.66. The summed E-state index contributed by atoms with van der Waals surface area (Å²) in [7, 11) is 0. The summed E-state index contributed by atoms with van der Waals surface area (Å²) in [6.45, 7) is 0. The zero-order chi connectivity index (χ0) is 29.0. The zero-order valence-electron chi connectivity index (χ0n) is 24.1. The van der Waals surface area contributed by atoms with Crippen molar-refractivity contribution in [3.05, 3.63) is 169 Å². The Morgan fingerprint density at radius 1 is 0.341 bits per heavy atom. The molecule has 1 aliphatic carbocycles. The quantitative estimate of drug-likeness (QED) is 0.195. The molecule has 0 nitrogen and oxygen atoms in total. The van der Waals surface area contributed by atoms with Crippen LogP contribution in [0.1, 0.15) is 11.1 Å². The minimum absolute atomic E-state index is 0.970. The van der Waals surface area contributed by atoms with Crippen LogP contribution in [0.15, 0.2) is 158 Å². The van der Waals surface area contributed by atoms with Gasteiger partial charge in [-0.25, -0.2) is 0 Å². The van der Waals surface area contributed by atoms with Crippen LogP contribution in [-0.4, -0.2) is 0 Å². The van der Waals surface area contributed by atoms with E-state index in [0.717, 1.165) is 6.42 Å². The van der Waals surface area contributed by atoms with E-state index in [4.69, 9.17) is 0 Å². The van der Waals surface area contributed by atoms with Gasteiger partial charge in [-0.2, -0.15) is 0 Å². The van der Waals surface area contributed by atoms with Crippen molar-refractivity contribution in [1.82, 2.24) is 0 Å². The molecule has 0 saturated heterocycles. The largest absolute Gasteiger partial charge is 0.135 e. The molecular formula is C43H28S. The Balaban J connectivity index is 1.18. The number of rotatable bonds is 4. The van der Waals surface area contributed by atoms with Gasteiger partial charge in [-0.15, -0.1) is 11.3 Å². The van der Waals surface area contributed by atoms with E-state index in [1.54, 1.807) is 0 Å². The second-order valence-corrected chi connectivity index (χ2v) is 12.8. The molecule has 7 aromatic carbocycles. The fourth-order valence-electron chi connectivity index (χ4n) is 6.91. The first-order valence-corrected chi connectivity index (χ1v) is 16.0. The molecule has 0 N–H and O–H groups in total. The van der Waals surface area contributed by atoms with Crippen LogP contribution in [0.25, 0.3) is 75.8 Å². The van der Waals surface area contributed by atoms with Gasteiger partial charge in [0.05, 0.1) is 0 Å². The van der Waals surface area contributed by atoms with E-state index in [1.807, 2.05) is 11.3 Å². The van der Waals surface area contributed by atoms with Gasteiger partial charge >= 0.3 is 0 Å². The molecule has 0 saturated carbocycles. The Hall–Kier alpha value is -5.24. The van der Waals surface area contributed by atoms with Gasteiger partial charge in [0.1, 0.15) is 0 Å². The third-order valence-corrected chi connectivity index (χ3v) is 10.3. The van der Waals surface area contributed by atoms with Crippen LogP contribution >= 0.6 is 11.3 Å². The highest BCUT2D eigenvalue weighted by molar-refractivity contribution is 7.25. The Bertz CT molecular complexity index is 2340. The van der Waals surface area contributed by atoms with E-state index in [2.05, 4.69) is 158 Å². The molecule has 1 aromatic heterocycles. The van der Waals surface area contributed by atoms with Gasteiger partial charge in [-0.3, -0.25) is 0 Å². The molecule has 1 aliphatic rings. The van der Waals surface area contributed by atoms with Crippen molar-refractivity contribution in [2.45, 2.75) is 6.42 Å². The van der Waals surface area contributed by atoms with Crippen molar-refractivity contribution in [3.8, 4) is 55.6 Å². The molecule has 0 bridgehead atoms. The molecule has 206 valence electrons. The van der Waals surface area contributed by atoms with Crippen LogP contribution in [0.3, 0.4) is 0 Å². The summed E-state index contributed by atoms with van der Waals surface area (Å²) in [6, 6.07) is 58.1. The second kappa shape index (κ2) is 10.2. The van der Waals surface area contributed by atoms with Gasteiger partial charge in [0.25, 0.3) is 0 Å². The van der Waals surface area contributed by atoms with Crippen molar-refractivity contribution < 1.29 is 0 Å². The third-order valence-electron chi connectivity index (χ3n) is 9.13. The maximum Gasteiger partial charge on any atom is 0.0355 e. The van der Waals surface area contributed by atoms with Gasteiger partial charge in [-0.1, -0.05) is 121 Å². The Morgan fingerprint density at radius 2 is 0.955 bits per heavy atom. The normalized spacial score (nSPS) is 12.0. The Kier molecular flexibility index (Phi) is 5.85. The standard InChI is InChI=1S/C43H28S/c1-2-9-28(10-3-1)29-17-19-30(20-18-29)31-12-8-13-32(23-31)35-26-38(40-24-33-11-4-5-14-36(33)39(40)27-35)34-21-22-43-41(25-34)37-15-6-7-16-42(37)44-43/h1-23,25-27H,24H2. The van der Waals surface area contributed by atoms with E-state index >= 15 is 0 Å². The maximum atomic E-state index is 2.43. The highest BCUT2D eigenvalue weighted by Gasteiger charge is 2.23. The molecule has 0 unspecified atom stereocenters. The lowest BCUT2D eigenvalue weighted by Crippen LogP contribution is -1.91. The zero-order valence-corrected chi connectivity index (χ0v) is 24.9. The monoisotopic (exact) mass is 576 g/mol. The minimum Gasteiger partial charge on any atom is -0.135 e. The molecule has 0 amide bonds. The summed E-state index contributed by atoms with van der Waals surface area (Å²) in [6.07, 6.45) is 0.970. The topological polar surface area (TPSA) is 0 Å². The van der Waals surface area contributed by atoms with E-state index in [9.17, 15) is 0 Å². The van der Waals surface area contributed by atoms with Crippen molar-refractivity contribution in [2.75, 3.05) is 0 Å². The van der Waals surface area contributed by atoms with Gasteiger partial charge in [0.2, 0.25) is 0 Å². The number of fused-ring (bicyclic) bond motifs is 6. The van der Waals surface area contributed by atoms with Gasteiger partial charge in [0, 0.05) is 20.2 Å². The first-order chi connectivity index (χ1) is 21.8. The van der Waals surface area contributed by atoms with E-state index in [0.29, 0.717) is 0 Å². The predicted molar refractivity (Wildman–Crippen MR) is 189 cm³/mol. The van der Waals surface area contributed by atoms with Crippen molar-refractivity contribution in [3.63, 3.8) is 0 Å². The van der Waals surface area contributed by atoms with E-state index in [-0.39, 0.29) is 0 Å². The van der Waals surface area contributed by atoms with Gasteiger partial charge < -0.3 is 0 Å². The van der Waals surface area contributed by atoms with Crippen LogP contribution in [0.5, 0.6) is 0 Å². The van der Waals surface area contributed by atoms with Crippen LogP contribution in [0.2, 0.25) is 0 Å². The molecule has 9 rings (SSSR count). The Morgan fingerprint density at radius 3 is 1.82 bits per heavy atom. The molecule has 0 spiro atoms. The van der Waals surface area contributed by atoms with Crippen LogP contribution < -0.4 is 0 Å². The minimum atomic E-state index is 0.970. The summed E-state index contributed by atoms with van der Waals surface area (Å²) in [5.41, 5.74) is 15.6. The Labute approximate surface area is 261 Å². The lowest BCUT2D eigenvalue weighted by molar-refractivity contribution is 1.26. The summed E-state index contributed by atoms with van der Waals surface area (Å²) in [4.78, 5) is 0. The molecule has 0 fully saturated rings. The molecule has 1 heterocycles. The highest BCUT2D eigenvalue weighted by Crippen LogP contribution is 2.46. The summed E-state index contributed by atoms with van der Waals surface area (Å²) >= 11 is 1.88. The van der Waals surface area contributed by atoms with Crippen LogP contribution in [0.4, 0.5) is 0 Å². The molecule has 44 heavy (non-hydrogen) atoms. The first-order valence-electron chi connectivity index (χ1n) is 15.2. The average molecular weight is 577 g/mol. The smallest absolute Gasteiger partial charge is 0.0355 e. The molecular weight excluding hydrogens is 549 g/mol. The molecule has 0 radical (unpaired) electrons. The van der Waals surface area contributed by atoms with Crippen molar-refractivity contribution in [1.29, 1.82) is 0 Å². The SMILES string of the molecule is c1ccc(-c2ccc(-c3cccc(-c4cc(-c5ccc6sc7ccccc7c6c5)c5c(c4)-c4ccccc4C5)c3)cc2)cc1. The van der Waals surface area contributed by atoms with Crippen LogP contribution in [-0.2, 0) is 6.42 Å². The second-order valence-electron chi connectivity index (χ2n) is 11.7. The summed E-state index contributed by atoms with van der Waals surface area (Å²) < 4.78 is 2.69. The van der Waals surface area contributed by atoms with E-state index < -0.39 is 0 Å². The fraction of sp³-hybridized carbons (Fsp3) is 0.0233. The predicted octanol–water partition coefficient (Wildman–Crippen LogP) is 12.3. The fourth-order valence-corrected chi connectivity index (χ4v) is 8.00. The van der Waals surface area contributed by atoms with Crippen LogP contribution in [0, 0.1) is 0 Å². The molecule has 1 heteroatoms. The third kappa shape index (κ3) is 4.20. The number of hydrogen-bond donors (Lipinski definition) is 0. The molecule has 0 atom stereocenters. The number of benzene rings is 7. The summed E-state index contributed by atoms with van der Waals surface area (Å²) in [5.74, 6) is 0. The molecule has 0 aliphatic heterocycles. The van der Waals surface area contributed by atoms with Gasteiger partial charge in [0.15, 0.2) is 0 Å². The number of hydrogen-bond acceptors (Lipinski definition) is 1. The lowest BCUT2D eigenvalue weighted by Gasteiger charge is -2.14.